The molecule has 0 spiro atoms. The first-order valence-corrected chi connectivity index (χ1v) is 9.63. The number of benzene rings is 1. The lowest BCUT2D eigenvalue weighted by Crippen LogP contribution is -2.33. The summed E-state index contributed by atoms with van der Waals surface area (Å²) in [6, 6.07) is 8.27. The minimum atomic E-state index is 0.292. The largest absolute Gasteiger partial charge is 0.355 e. The van der Waals surface area contributed by atoms with Gasteiger partial charge in [-0.25, -0.2) is 0 Å². The number of aromatic nitrogens is 6. The van der Waals surface area contributed by atoms with Gasteiger partial charge in [0.25, 0.3) is 0 Å². The van der Waals surface area contributed by atoms with E-state index in [1.807, 2.05) is 31.6 Å². The van der Waals surface area contributed by atoms with Gasteiger partial charge in [0.05, 0.1) is 11.2 Å². The second-order valence-corrected chi connectivity index (χ2v) is 7.57. The number of aryl methyl sites for hydroxylation is 3. The zero-order chi connectivity index (χ0) is 19.3. The Morgan fingerprint density at radius 1 is 1.14 bits per heavy atom. The molecule has 0 radical (unpaired) electrons. The average Bonchev–Trinajstić information content (AvgIpc) is 3.42. The van der Waals surface area contributed by atoms with E-state index in [-0.39, 0.29) is 0 Å². The van der Waals surface area contributed by atoms with Crippen LogP contribution in [0.5, 0.6) is 0 Å². The van der Waals surface area contributed by atoms with E-state index in [4.69, 9.17) is 9.51 Å². The van der Waals surface area contributed by atoms with Crippen LogP contribution >= 0.6 is 0 Å². The summed E-state index contributed by atoms with van der Waals surface area (Å²) >= 11 is 0. The molecule has 1 saturated heterocycles. The van der Waals surface area contributed by atoms with Crippen molar-refractivity contribution in [1.82, 2.24) is 30.1 Å². The zero-order valence-corrected chi connectivity index (χ0v) is 16.3. The number of hydrogen-bond donors (Lipinski definition) is 1. The summed E-state index contributed by atoms with van der Waals surface area (Å²) in [4.78, 5) is 7.00. The number of nitrogens with zero attached hydrogens (tertiary/aromatic N) is 6. The number of hydrogen-bond acceptors (Lipinski definition) is 6. The number of rotatable bonds is 3. The van der Waals surface area contributed by atoms with Gasteiger partial charge < -0.3 is 9.42 Å². The fraction of sp³-hybridized carbons (Fsp3) is 0.400. The summed E-state index contributed by atoms with van der Waals surface area (Å²) in [6.45, 7) is 5.92. The van der Waals surface area contributed by atoms with Crippen LogP contribution in [0, 0.1) is 13.8 Å². The molecule has 0 amide bonds. The van der Waals surface area contributed by atoms with Gasteiger partial charge in [-0.05, 0) is 32.8 Å². The van der Waals surface area contributed by atoms with Gasteiger partial charge in [-0.1, -0.05) is 17.3 Å². The summed E-state index contributed by atoms with van der Waals surface area (Å²) in [5.41, 5.74) is 4.13. The topological polar surface area (TPSA) is 88.7 Å². The van der Waals surface area contributed by atoms with Crippen molar-refractivity contribution in [1.29, 1.82) is 0 Å². The molecule has 0 aliphatic carbocycles. The Kier molecular flexibility index (Phi) is 3.92. The third kappa shape index (κ3) is 2.85. The maximum atomic E-state index is 5.63. The molecule has 0 bridgehead atoms. The lowest BCUT2D eigenvalue weighted by Gasteiger charge is -2.30. The molecule has 1 aromatic carbocycles. The van der Waals surface area contributed by atoms with Crippen molar-refractivity contribution in [2.75, 3.05) is 18.0 Å². The van der Waals surface area contributed by atoms with Crippen LogP contribution in [0.2, 0.25) is 0 Å². The Balaban J connectivity index is 1.33. The molecule has 0 unspecified atom stereocenters. The molecule has 144 valence electrons. The van der Waals surface area contributed by atoms with Gasteiger partial charge in [-0.3, -0.25) is 9.78 Å². The van der Waals surface area contributed by atoms with Crippen molar-refractivity contribution >= 4 is 16.7 Å². The molecule has 0 saturated carbocycles. The molecule has 0 atom stereocenters. The molecule has 8 nitrogen and oxygen atoms in total. The van der Waals surface area contributed by atoms with Gasteiger partial charge in [0.15, 0.2) is 5.82 Å². The Bertz CT molecular complexity index is 1130. The summed E-state index contributed by atoms with van der Waals surface area (Å²) < 4.78 is 7.52. The van der Waals surface area contributed by atoms with Crippen molar-refractivity contribution in [3.8, 4) is 11.4 Å². The first-order valence-electron chi connectivity index (χ1n) is 9.63. The van der Waals surface area contributed by atoms with E-state index in [1.54, 1.807) is 0 Å². The first kappa shape index (κ1) is 17.0. The minimum Gasteiger partial charge on any atom is -0.355 e. The molecule has 1 aliphatic heterocycles. The standard InChI is InChI=1S/C20H23N7O/c1-12-10-18(23-22-12)27-8-6-14(7-9-27)20-21-19(25-28-20)15-4-5-16-13(2)24-26(3)17(16)11-15/h4-5,10-11,14H,6-9H2,1-3H3,(H,22,23). The van der Waals surface area contributed by atoms with Gasteiger partial charge in [0, 0.05) is 48.8 Å². The summed E-state index contributed by atoms with van der Waals surface area (Å²) in [5, 5.41) is 17.2. The highest BCUT2D eigenvalue weighted by Gasteiger charge is 2.26. The van der Waals surface area contributed by atoms with Crippen LogP contribution in [0.15, 0.2) is 28.8 Å². The molecule has 28 heavy (non-hydrogen) atoms. The highest BCUT2D eigenvalue weighted by Crippen LogP contribution is 2.31. The molecular formula is C20H23N7O. The van der Waals surface area contributed by atoms with Crippen LogP contribution in [0.25, 0.3) is 22.3 Å². The Hall–Kier alpha value is -3.16. The maximum Gasteiger partial charge on any atom is 0.230 e. The third-order valence-electron chi connectivity index (χ3n) is 5.60. The smallest absolute Gasteiger partial charge is 0.230 e. The lowest BCUT2D eigenvalue weighted by molar-refractivity contribution is 0.329. The number of aromatic amines is 1. The fourth-order valence-electron chi connectivity index (χ4n) is 4.02. The molecule has 4 heterocycles. The highest BCUT2D eigenvalue weighted by molar-refractivity contribution is 5.85. The summed E-state index contributed by atoms with van der Waals surface area (Å²) in [5.74, 6) is 2.68. The molecular weight excluding hydrogens is 354 g/mol. The SMILES string of the molecule is Cc1cc(N2CCC(c3nc(-c4ccc5c(C)nn(C)c5c4)no3)CC2)n[nH]1. The van der Waals surface area contributed by atoms with Crippen LogP contribution in [0.1, 0.15) is 36.0 Å². The van der Waals surface area contributed by atoms with Crippen molar-refractivity contribution in [3.63, 3.8) is 0 Å². The van der Waals surface area contributed by atoms with Gasteiger partial charge in [0.1, 0.15) is 0 Å². The first-order chi connectivity index (χ1) is 13.6. The predicted octanol–water partition coefficient (Wildman–Crippen LogP) is 3.35. The second kappa shape index (κ2) is 6.47. The van der Waals surface area contributed by atoms with Gasteiger partial charge in [0.2, 0.25) is 11.7 Å². The molecule has 1 N–H and O–H groups in total. The Labute approximate surface area is 162 Å². The monoisotopic (exact) mass is 377 g/mol. The quantitative estimate of drug-likeness (QED) is 0.589. The maximum absolute atomic E-state index is 5.63. The minimum absolute atomic E-state index is 0.292. The molecule has 1 aliphatic rings. The van der Waals surface area contributed by atoms with E-state index in [0.717, 1.165) is 65.5 Å². The average molecular weight is 377 g/mol. The van der Waals surface area contributed by atoms with Crippen LogP contribution in [-0.4, -0.2) is 43.2 Å². The van der Waals surface area contributed by atoms with Crippen molar-refractivity contribution < 1.29 is 4.52 Å². The van der Waals surface area contributed by atoms with Gasteiger partial charge in [-0.2, -0.15) is 15.2 Å². The molecule has 3 aromatic heterocycles. The number of anilines is 1. The van der Waals surface area contributed by atoms with E-state index in [9.17, 15) is 0 Å². The predicted molar refractivity (Wildman–Crippen MR) is 106 cm³/mol. The van der Waals surface area contributed by atoms with Crippen molar-refractivity contribution in [2.45, 2.75) is 32.6 Å². The zero-order valence-electron chi connectivity index (χ0n) is 16.3. The van der Waals surface area contributed by atoms with E-state index < -0.39 is 0 Å². The lowest BCUT2D eigenvalue weighted by atomic mass is 9.97. The van der Waals surface area contributed by atoms with E-state index >= 15 is 0 Å². The normalized spacial score (nSPS) is 15.6. The third-order valence-corrected chi connectivity index (χ3v) is 5.60. The number of nitrogens with one attached hydrogen (secondary N) is 1. The number of fused-ring (bicyclic) bond motifs is 1. The van der Waals surface area contributed by atoms with E-state index in [1.165, 1.54) is 0 Å². The second-order valence-electron chi connectivity index (χ2n) is 7.57. The van der Waals surface area contributed by atoms with Gasteiger partial charge >= 0.3 is 0 Å². The van der Waals surface area contributed by atoms with Gasteiger partial charge in [-0.15, -0.1) is 0 Å². The summed E-state index contributed by atoms with van der Waals surface area (Å²) in [7, 11) is 1.95. The van der Waals surface area contributed by atoms with Crippen molar-refractivity contribution in [3.05, 3.63) is 41.5 Å². The number of piperidine rings is 1. The van der Waals surface area contributed by atoms with Crippen molar-refractivity contribution in [2.24, 2.45) is 7.05 Å². The van der Waals surface area contributed by atoms with Crippen LogP contribution in [-0.2, 0) is 7.05 Å². The Morgan fingerprint density at radius 2 is 1.96 bits per heavy atom. The van der Waals surface area contributed by atoms with Crippen LogP contribution in [0.4, 0.5) is 5.82 Å². The molecule has 1 fully saturated rings. The van der Waals surface area contributed by atoms with Crippen LogP contribution in [0.3, 0.4) is 0 Å². The van der Waals surface area contributed by atoms with E-state index in [2.05, 4.69) is 43.6 Å². The van der Waals surface area contributed by atoms with Crippen LogP contribution < -0.4 is 4.90 Å². The Morgan fingerprint density at radius 3 is 2.71 bits per heavy atom. The summed E-state index contributed by atoms with van der Waals surface area (Å²) in [6.07, 6.45) is 1.96. The molecule has 5 rings (SSSR count). The fourth-order valence-corrected chi connectivity index (χ4v) is 4.02. The number of H-pyrrole nitrogens is 1. The highest BCUT2D eigenvalue weighted by atomic mass is 16.5. The van der Waals surface area contributed by atoms with E-state index in [0.29, 0.717) is 11.7 Å². The molecule has 4 aromatic rings. The molecule has 8 heteroatoms.